The second kappa shape index (κ2) is 6.62. The number of aromatic nitrogens is 1. The Labute approximate surface area is 122 Å². The Morgan fingerprint density at radius 2 is 2.00 bits per heavy atom. The molecule has 1 unspecified atom stereocenters. The molecule has 108 valence electrons. The van der Waals surface area contributed by atoms with Gasteiger partial charge in [-0.15, -0.1) is 0 Å². The molecule has 2 N–H and O–H groups in total. The lowest BCUT2D eigenvalue weighted by Gasteiger charge is -2.28. The molecule has 0 spiro atoms. The van der Waals surface area contributed by atoms with E-state index in [2.05, 4.69) is 58.0 Å². The van der Waals surface area contributed by atoms with Crippen molar-refractivity contribution >= 4 is 17.6 Å². The van der Waals surface area contributed by atoms with Gasteiger partial charge in [0, 0.05) is 36.5 Å². The minimum atomic E-state index is 0.0452. The van der Waals surface area contributed by atoms with Gasteiger partial charge in [0.2, 0.25) is 0 Å². The summed E-state index contributed by atoms with van der Waals surface area (Å²) < 4.78 is 0. The number of thioether (sulfide) groups is 1. The lowest BCUT2D eigenvalue weighted by Crippen LogP contribution is -2.32. The van der Waals surface area contributed by atoms with Gasteiger partial charge in [-0.05, 0) is 30.9 Å². The van der Waals surface area contributed by atoms with E-state index in [-0.39, 0.29) is 5.41 Å². The number of nitrogens with two attached hydrogens (primary N) is 1. The average Bonchev–Trinajstić information content (AvgIpc) is 2.36. The summed E-state index contributed by atoms with van der Waals surface area (Å²) in [6.07, 6.45) is 2.13. The summed E-state index contributed by atoms with van der Waals surface area (Å²) in [4.78, 5) is 7.06. The van der Waals surface area contributed by atoms with Crippen LogP contribution in [-0.2, 0) is 12.0 Å². The quantitative estimate of drug-likeness (QED) is 0.901. The van der Waals surface area contributed by atoms with Crippen molar-refractivity contribution in [3.63, 3.8) is 0 Å². The maximum atomic E-state index is 5.82. The molecule has 0 aromatic carbocycles. The van der Waals surface area contributed by atoms with Gasteiger partial charge in [0.1, 0.15) is 5.82 Å². The van der Waals surface area contributed by atoms with E-state index < -0.39 is 0 Å². The van der Waals surface area contributed by atoms with Crippen LogP contribution in [0.1, 0.15) is 39.0 Å². The molecule has 4 heteroatoms. The Bertz CT molecular complexity index is 412. The summed E-state index contributed by atoms with van der Waals surface area (Å²) in [6.45, 7) is 9.34. The van der Waals surface area contributed by atoms with Crippen molar-refractivity contribution in [2.75, 3.05) is 24.0 Å². The molecule has 0 fully saturated rings. The van der Waals surface area contributed by atoms with E-state index >= 15 is 0 Å². The van der Waals surface area contributed by atoms with Crippen molar-refractivity contribution in [2.45, 2.75) is 45.7 Å². The van der Waals surface area contributed by atoms with Crippen LogP contribution in [0, 0.1) is 0 Å². The number of hydrogen-bond acceptors (Lipinski definition) is 4. The molecular weight excluding hydrogens is 254 g/mol. The fraction of sp³-hybridized carbons (Fsp3) is 0.667. The summed E-state index contributed by atoms with van der Waals surface area (Å²) in [5.41, 5.74) is 8.12. The number of anilines is 1. The van der Waals surface area contributed by atoms with E-state index in [1.165, 1.54) is 0 Å². The fourth-order valence-corrected chi connectivity index (χ4v) is 2.54. The van der Waals surface area contributed by atoms with Gasteiger partial charge >= 0.3 is 0 Å². The molecule has 0 saturated carbocycles. The molecule has 1 atom stereocenters. The molecule has 0 bridgehead atoms. The highest BCUT2D eigenvalue weighted by atomic mass is 32.2. The fourth-order valence-electron chi connectivity index (χ4n) is 1.83. The second-order valence-corrected chi connectivity index (χ2v) is 7.00. The van der Waals surface area contributed by atoms with Crippen molar-refractivity contribution in [3.8, 4) is 0 Å². The number of rotatable bonds is 5. The maximum Gasteiger partial charge on any atom is 0.129 e. The first kappa shape index (κ1) is 16.3. The van der Waals surface area contributed by atoms with Crippen LogP contribution in [0.5, 0.6) is 0 Å². The molecule has 0 radical (unpaired) electrons. The van der Waals surface area contributed by atoms with Crippen molar-refractivity contribution in [1.29, 1.82) is 0 Å². The SMILES string of the molecule is CSCC(C)N(C)c1cc(CN)cc(C(C)(C)C)n1. The normalized spacial score (nSPS) is 13.4. The van der Waals surface area contributed by atoms with Crippen LogP contribution in [0.3, 0.4) is 0 Å². The van der Waals surface area contributed by atoms with E-state index in [9.17, 15) is 0 Å². The van der Waals surface area contributed by atoms with Gasteiger partial charge in [-0.3, -0.25) is 0 Å². The Kier molecular flexibility index (Phi) is 5.68. The monoisotopic (exact) mass is 281 g/mol. The first-order valence-corrected chi connectivity index (χ1v) is 8.12. The molecule has 0 saturated heterocycles. The van der Waals surface area contributed by atoms with E-state index in [0.717, 1.165) is 22.8 Å². The van der Waals surface area contributed by atoms with Crippen LogP contribution in [0.2, 0.25) is 0 Å². The van der Waals surface area contributed by atoms with Crippen LogP contribution in [0.15, 0.2) is 12.1 Å². The van der Waals surface area contributed by atoms with Crippen LogP contribution in [0.4, 0.5) is 5.82 Å². The van der Waals surface area contributed by atoms with Crippen LogP contribution in [0.25, 0.3) is 0 Å². The van der Waals surface area contributed by atoms with Gasteiger partial charge < -0.3 is 10.6 Å². The topological polar surface area (TPSA) is 42.1 Å². The Balaban J connectivity index is 3.13. The molecule has 1 heterocycles. The number of nitrogens with zero attached hydrogens (tertiary/aromatic N) is 2. The molecule has 0 amide bonds. The summed E-state index contributed by atoms with van der Waals surface area (Å²) in [7, 11) is 2.11. The second-order valence-electron chi connectivity index (χ2n) is 6.09. The Morgan fingerprint density at radius 1 is 1.37 bits per heavy atom. The van der Waals surface area contributed by atoms with Crippen LogP contribution < -0.4 is 10.6 Å². The van der Waals surface area contributed by atoms with Crippen molar-refractivity contribution in [1.82, 2.24) is 4.98 Å². The molecule has 1 aromatic heterocycles. The van der Waals surface area contributed by atoms with Gasteiger partial charge in [0.25, 0.3) is 0 Å². The standard InChI is InChI=1S/C15H27N3S/c1-11(10-19-6)18(5)14-8-12(9-16)7-13(17-14)15(2,3)4/h7-8,11H,9-10,16H2,1-6H3. The van der Waals surface area contributed by atoms with Gasteiger partial charge in [0.05, 0.1) is 0 Å². The van der Waals surface area contributed by atoms with Crippen molar-refractivity contribution in [3.05, 3.63) is 23.4 Å². The largest absolute Gasteiger partial charge is 0.356 e. The third kappa shape index (κ3) is 4.39. The third-order valence-electron chi connectivity index (χ3n) is 3.31. The first-order chi connectivity index (χ1) is 8.79. The zero-order chi connectivity index (χ0) is 14.6. The molecule has 0 aliphatic heterocycles. The number of hydrogen-bond donors (Lipinski definition) is 1. The average molecular weight is 281 g/mol. The van der Waals surface area contributed by atoms with Crippen LogP contribution >= 0.6 is 11.8 Å². The Morgan fingerprint density at radius 3 is 2.47 bits per heavy atom. The summed E-state index contributed by atoms with van der Waals surface area (Å²) in [6, 6.07) is 4.69. The maximum absolute atomic E-state index is 5.82. The van der Waals surface area contributed by atoms with Crippen LogP contribution in [-0.4, -0.2) is 30.1 Å². The summed E-state index contributed by atoms with van der Waals surface area (Å²) in [5, 5.41) is 0. The lowest BCUT2D eigenvalue weighted by atomic mass is 9.90. The molecule has 3 nitrogen and oxygen atoms in total. The van der Waals surface area contributed by atoms with Gasteiger partial charge in [-0.25, -0.2) is 4.98 Å². The molecule has 1 rings (SSSR count). The summed E-state index contributed by atoms with van der Waals surface area (Å²) >= 11 is 1.86. The highest BCUT2D eigenvalue weighted by Crippen LogP contribution is 2.25. The van der Waals surface area contributed by atoms with Gasteiger partial charge in [-0.2, -0.15) is 11.8 Å². The first-order valence-electron chi connectivity index (χ1n) is 6.73. The lowest BCUT2D eigenvalue weighted by molar-refractivity contribution is 0.566. The van der Waals surface area contributed by atoms with Crippen molar-refractivity contribution in [2.24, 2.45) is 5.73 Å². The Hall–Kier alpha value is -0.740. The smallest absolute Gasteiger partial charge is 0.129 e. The predicted molar refractivity (Wildman–Crippen MR) is 87.1 cm³/mol. The molecule has 1 aromatic rings. The predicted octanol–water partition coefficient (Wildman–Crippen LogP) is 3.03. The molecule has 0 aliphatic carbocycles. The third-order valence-corrected chi connectivity index (χ3v) is 4.12. The highest BCUT2D eigenvalue weighted by molar-refractivity contribution is 7.98. The van der Waals surface area contributed by atoms with E-state index in [0.29, 0.717) is 12.6 Å². The zero-order valence-electron chi connectivity index (χ0n) is 13.0. The van der Waals surface area contributed by atoms with E-state index in [1.807, 2.05) is 11.8 Å². The minimum Gasteiger partial charge on any atom is -0.356 e. The molecular formula is C15H27N3S. The number of pyridine rings is 1. The van der Waals surface area contributed by atoms with E-state index in [1.54, 1.807) is 0 Å². The highest BCUT2D eigenvalue weighted by Gasteiger charge is 2.19. The van der Waals surface area contributed by atoms with Crippen molar-refractivity contribution < 1.29 is 0 Å². The molecule has 19 heavy (non-hydrogen) atoms. The zero-order valence-corrected chi connectivity index (χ0v) is 13.8. The van der Waals surface area contributed by atoms with E-state index in [4.69, 9.17) is 10.7 Å². The molecule has 0 aliphatic rings. The van der Waals surface area contributed by atoms with Gasteiger partial charge in [0.15, 0.2) is 0 Å². The van der Waals surface area contributed by atoms with Gasteiger partial charge in [-0.1, -0.05) is 20.8 Å². The summed E-state index contributed by atoms with van der Waals surface area (Å²) in [5.74, 6) is 2.12. The minimum absolute atomic E-state index is 0.0452.